The van der Waals surface area contributed by atoms with E-state index >= 15 is 0 Å². The van der Waals surface area contributed by atoms with Gasteiger partial charge < -0.3 is 14.6 Å². The van der Waals surface area contributed by atoms with Crippen LogP contribution in [0.5, 0.6) is 5.75 Å². The third kappa shape index (κ3) is 3.74. The van der Waals surface area contributed by atoms with Crippen molar-refractivity contribution in [3.8, 4) is 17.2 Å². The summed E-state index contributed by atoms with van der Waals surface area (Å²) in [5.74, 6) is 1.27. The Labute approximate surface area is 133 Å². The topological polar surface area (TPSA) is 77.2 Å². The molecule has 3 aromatic rings. The highest BCUT2D eigenvalue weighted by Crippen LogP contribution is 2.26. The normalized spacial score (nSPS) is 10.3. The number of para-hydroxylation sites is 2. The second-order valence-electron chi connectivity index (χ2n) is 4.84. The number of aryl methyl sites for hydroxylation is 1. The molecule has 116 valence electrons. The fraction of sp³-hybridized carbons (Fsp3) is 0.118. The Morgan fingerprint density at radius 2 is 1.87 bits per heavy atom. The Hall–Kier alpha value is -3.15. The Bertz CT molecular complexity index is 800. The van der Waals surface area contributed by atoms with E-state index in [2.05, 4.69) is 15.5 Å². The standard InChI is InChI=1S/C17H15N3O3/c1-12-18-17(23-20-12)14-9-5-6-10-15(14)19-16(21)11-22-13-7-3-2-4-8-13/h2-10H,11H2,1H3,(H,19,21). The summed E-state index contributed by atoms with van der Waals surface area (Å²) in [6, 6.07) is 16.4. The van der Waals surface area contributed by atoms with Crippen molar-refractivity contribution in [3.63, 3.8) is 0 Å². The number of carbonyl (C=O) groups is 1. The predicted octanol–water partition coefficient (Wildman–Crippen LogP) is 3.06. The van der Waals surface area contributed by atoms with Gasteiger partial charge in [0.15, 0.2) is 12.4 Å². The molecular formula is C17H15N3O3. The summed E-state index contributed by atoms with van der Waals surface area (Å²) in [6.45, 7) is 1.66. The zero-order valence-corrected chi connectivity index (χ0v) is 12.5. The average molecular weight is 309 g/mol. The van der Waals surface area contributed by atoms with Gasteiger partial charge in [-0.2, -0.15) is 4.98 Å². The lowest BCUT2D eigenvalue weighted by molar-refractivity contribution is -0.118. The van der Waals surface area contributed by atoms with Gasteiger partial charge in [-0.15, -0.1) is 0 Å². The molecular weight excluding hydrogens is 294 g/mol. The molecule has 0 saturated heterocycles. The Morgan fingerprint density at radius 3 is 2.61 bits per heavy atom. The molecule has 0 aliphatic carbocycles. The zero-order chi connectivity index (χ0) is 16.1. The Balaban J connectivity index is 1.69. The number of nitrogens with one attached hydrogen (secondary N) is 1. The van der Waals surface area contributed by atoms with E-state index in [0.29, 0.717) is 28.7 Å². The first-order valence-corrected chi connectivity index (χ1v) is 7.10. The van der Waals surface area contributed by atoms with Crippen LogP contribution in [0.4, 0.5) is 5.69 Å². The molecule has 0 spiro atoms. The number of aromatic nitrogens is 2. The molecule has 0 unspecified atom stereocenters. The van der Waals surface area contributed by atoms with Crippen LogP contribution in [-0.4, -0.2) is 22.7 Å². The van der Waals surface area contributed by atoms with Crippen LogP contribution in [-0.2, 0) is 4.79 Å². The molecule has 3 rings (SSSR count). The number of carbonyl (C=O) groups excluding carboxylic acids is 1. The number of rotatable bonds is 5. The van der Waals surface area contributed by atoms with Gasteiger partial charge in [-0.1, -0.05) is 35.5 Å². The number of ether oxygens (including phenoxy) is 1. The molecule has 2 aromatic carbocycles. The van der Waals surface area contributed by atoms with Crippen molar-refractivity contribution < 1.29 is 14.1 Å². The van der Waals surface area contributed by atoms with Gasteiger partial charge in [0.2, 0.25) is 0 Å². The largest absolute Gasteiger partial charge is 0.484 e. The minimum Gasteiger partial charge on any atom is -0.484 e. The highest BCUT2D eigenvalue weighted by Gasteiger charge is 2.13. The van der Waals surface area contributed by atoms with Crippen LogP contribution in [0.3, 0.4) is 0 Å². The molecule has 0 bridgehead atoms. The third-order valence-electron chi connectivity index (χ3n) is 3.07. The van der Waals surface area contributed by atoms with E-state index < -0.39 is 0 Å². The molecule has 6 heteroatoms. The van der Waals surface area contributed by atoms with Crippen molar-refractivity contribution in [2.24, 2.45) is 0 Å². The van der Waals surface area contributed by atoms with Gasteiger partial charge >= 0.3 is 0 Å². The molecule has 0 fully saturated rings. The van der Waals surface area contributed by atoms with Crippen LogP contribution in [0, 0.1) is 6.92 Å². The van der Waals surface area contributed by atoms with Gasteiger partial charge in [-0.05, 0) is 31.2 Å². The fourth-order valence-electron chi connectivity index (χ4n) is 2.04. The molecule has 0 atom stereocenters. The van der Waals surface area contributed by atoms with Crippen LogP contribution in [0.15, 0.2) is 59.1 Å². The van der Waals surface area contributed by atoms with Crippen LogP contribution in [0.25, 0.3) is 11.5 Å². The van der Waals surface area contributed by atoms with Crippen molar-refractivity contribution in [1.82, 2.24) is 10.1 Å². The molecule has 6 nitrogen and oxygen atoms in total. The van der Waals surface area contributed by atoms with Crippen LogP contribution in [0.1, 0.15) is 5.82 Å². The van der Waals surface area contributed by atoms with Gasteiger partial charge in [-0.3, -0.25) is 4.79 Å². The summed E-state index contributed by atoms with van der Waals surface area (Å²) in [6.07, 6.45) is 0. The number of anilines is 1. The van der Waals surface area contributed by atoms with Gasteiger partial charge in [0, 0.05) is 0 Å². The molecule has 0 aliphatic rings. The molecule has 1 heterocycles. The summed E-state index contributed by atoms with van der Waals surface area (Å²) < 4.78 is 10.6. The van der Waals surface area contributed by atoms with E-state index in [9.17, 15) is 4.79 Å². The smallest absolute Gasteiger partial charge is 0.262 e. The first-order chi connectivity index (χ1) is 11.2. The summed E-state index contributed by atoms with van der Waals surface area (Å²) in [4.78, 5) is 16.3. The fourth-order valence-corrected chi connectivity index (χ4v) is 2.04. The number of hydrogen-bond donors (Lipinski definition) is 1. The summed E-state index contributed by atoms with van der Waals surface area (Å²) >= 11 is 0. The molecule has 1 aromatic heterocycles. The quantitative estimate of drug-likeness (QED) is 0.783. The first-order valence-electron chi connectivity index (χ1n) is 7.10. The van der Waals surface area contributed by atoms with Crippen molar-refractivity contribution in [1.29, 1.82) is 0 Å². The minimum absolute atomic E-state index is 0.0821. The molecule has 0 radical (unpaired) electrons. The second kappa shape index (κ2) is 6.74. The van der Waals surface area contributed by atoms with Crippen molar-refractivity contribution in [2.75, 3.05) is 11.9 Å². The lowest BCUT2D eigenvalue weighted by Crippen LogP contribution is -2.20. The van der Waals surface area contributed by atoms with Gasteiger partial charge in [0.05, 0.1) is 11.3 Å². The van der Waals surface area contributed by atoms with Crippen LogP contribution >= 0.6 is 0 Å². The number of nitrogens with zero attached hydrogens (tertiary/aromatic N) is 2. The van der Waals surface area contributed by atoms with E-state index in [1.54, 1.807) is 31.2 Å². The molecule has 1 amide bonds. The highest BCUT2D eigenvalue weighted by molar-refractivity contribution is 5.95. The maximum Gasteiger partial charge on any atom is 0.262 e. The van der Waals surface area contributed by atoms with E-state index in [4.69, 9.17) is 9.26 Å². The number of hydrogen-bond acceptors (Lipinski definition) is 5. The second-order valence-corrected chi connectivity index (χ2v) is 4.84. The Kier molecular flexibility index (Phi) is 4.33. The summed E-state index contributed by atoms with van der Waals surface area (Å²) in [5, 5.41) is 6.56. The lowest BCUT2D eigenvalue weighted by Gasteiger charge is -2.09. The van der Waals surface area contributed by atoms with E-state index in [1.807, 2.05) is 30.3 Å². The van der Waals surface area contributed by atoms with Crippen molar-refractivity contribution in [2.45, 2.75) is 6.92 Å². The maximum absolute atomic E-state index is 12.1. The van der Waals surface area contributed by atoms with Gasteiger partial charge in [0.1, 0.15) is 5.75 Å². The van der Waals surface area contributed by atoms with Crippen LogP contribution < -0.4 is 10.1 Å². The summed E-state index contributed by atoms with van der Waals surface area (Å²) in [5.41, 5.74) is 1.26. The van der Waals surface area contributed by atoms with Crippen LogP contribution in [0.2, 0.25) is 0 Å². The van der Waals surface area contributed by atoms with Crippen molar-refractivity contribution in [3.05, 3.63) is 60.4 Å². The molecule has 0 saturated carbocycles. The number of amides is 1. The summed E-state index contributed by atoms with van der Waals surface area (Å²) in [7, 11) is 0. The average Bonchev–Trinajstić information content (AvgIpc) is 3.01. The van der Waals surface area contributed by atoms with E-state index in [0.717, 1.165) is 0 Å². The van der Waals surface area contributed by atoms with Gasteiger partial charge in [-0.25, -0.2) is 0 Å². The third-order valence-corrected chi connectivity index (χ3v) is 3.07. The Morgan fingerprint density at radius 1 is 1.13 bits per heavy atom. The lowest BCUT2D eigenvalue weighted by atomic mass is 10.1. The molecule has 0 aliphatic heterocycles. The minimum atomic E-state index is -0.266. The monoisotopic (exact) mass is 309 g/mol. The zero-order valence-electron chi connectivity index (χ0n) is 12.5. The molecule has 1 N–H and O–H groups in total. The van der Waals surface area contributed by atoms with Crippen molar-refractivity contribution >= 4 is 11.6 Å². The van der Waals surface area contributed by atoms with E-state index in [1.165, 1.54) is 0 Å². The first kappa shape index (κ1) is 14.8. The predicted molar refractivity (Wildman–Crippen MR) is 85.0 cm³/mol. The molecule has 23 heavy (non-hydrogen) atoms. The maximum atomic E-state index is 12.1. The van der Waals surface area contributed by atoms with Gasteiger partial charge in [0.25, 0.3) is 11.8 Å². The SMILES string of the molecule is Cc1noc(-c2ccccc2NC(=O)COc2ccccc2)n1. The number of benzene rings is 2. The van der Waals surface area contributed by atoms with E-state index in [-0.39, 0.29) is 12.5 Å². The highest BCUT2D eigenvalue weighted by atomic mass is 16.5.